The Morgan fingerprint density at radius 3 is 2.49 bits per heavy atom. The predicted molar refractivity (Wildman–Crippen MR) is 135 cm³/mol. The second kappa shape index (κ2) is 11.8. The molecule has 184 valence electrons. The van der Waals surface area contributed by atoms with Crippen LogP contribution in [-0.2, 0) is 16.0 Å². The first-order valence-electron chi connectivity index (χ1n) is 12.0. The Kier molecular flexibility index (Phi) is 8.36. The first-order valence-corrected chi connectivity index (χ1v) is 12.9. The Balaban J connectivity index is 1.57. The average Bonchev–Trinajstić information content (AvgIpc) is 3.64. The number of furan rings is 1. The van der Waals surface area contributed by atoms with Crippen molar-refractivity contribution in [1.29, 1.82) is 0 Å². The fraction of sp³-hybridized carbons (Fsp3) is 0.370. The molecular formula is C27H31N3O4S. The molecule has 3 aromatic rings. The molecule has 1 fully saturated rings. The van der Waals surface area contributed by atoms with E-state index in [1.54, 1.807) is 24.3 Å². The van der Waals surface area contributed by atoms with Crippen molar-refractivity contribution < 1.29 is 18.8 Å². The SMILES string of the molecule is Cc1ccc([C@@H](C(=O)NC2CCCC2)N(CCc2ccccc2)C(=O)CNC(=O)c2cccs2)o1. The minimum Gasteiger partial charge on any atom is -0.464 e. The summed E-state index contributed by atoms with van der Waals surface area (Å²) in [6.07, 6.45) is 4.61. The number of rotatable bonds is 10. The van der Waals surface area contributed by atoms with Gasteiger partial charge in [0.1, 0.15) is 11.5 Å². The first-order chi connectivity index (χ1) is 17.0. The van der Waals surface area contributed by atoms with Crippen LogP contribution < -0.4 is 10.6 Å². The van der Waals surface area contributed by atoms with Crippen molar-refractivity contribution >= 4 is 29.1 Å². The maximum Gasteiger partial charge on any atom is 0.261 e. The van der Waals surface area contributed by atoms with Gasteiger partial charge in [0, 0.05) is 12.6 Å². The fourth-order valence-corrected chi connectivity index (χ4v) is 5.06. The summed E-state index contributed by atoms with van der Waals surface area (Å²) in [4.78, 5) is 41.6. The van der Waals surface area contributed by atoms with Gasteiger partial charge in [0.25, 0.3) is 11.8 Å². The second-order valence-corrected chi connectivity index (χ2v) is 9.77. The number of carbonyl (C=O) groups excluding carboxylic acids is 3. The van der Waals surface area contributed by atoms with E-state index in [0.717, 1.165) is 31.2 Å². The van der Waals surface area contributed by atoms with Crippen molar-refractivity contribution in [3.05, 3.63) is 81.9 Å². The van der Waals surface area contributed by atoms with Gasteiger partial charge in [-0.15, -0.1) is 11.3 Å². The van der Waals surface area contributed by atoms with Crippen molar-refractivity contribution in [2.45, 2.75) is 51.1 Å². The fourth-order valence-electron chi connectivity index (χ4n) is 4.42. The molecule has 0 aliphatic heterocycles. The van der Waals surface area contributed by atoms with Crippen LogP contribution in [0.5, 0.6) is 0 Å². The highest BCUT2D eigenvalue weighted by Crippen LogP contribution is 2.26. The third kappa shape index (κ3) is 6.60. The van der Waals surface area contributed by atoms with Gasteiger partial charge < -0.3 is 20.0 Å². The molecule has 0 spiro atoms. The van der Waals surface area contributed by atoms with Crippen LogP contribution in [0.25, 0.3) is 0 Å². The van der Waals surface area contributed by atoms with E-state index in [9.17, 15) is 14.4 Å². The Bertz CT molecular complexity index is 1120. The summed E-state index contributed by atoms with van der Waals surface area (Å²) in [6, 6.07) is 16.0. The largest absolute Gasteiger partial charge is 0.464 e. The molecule has 4 rings (SSSR count). The Morgan fingerprint density at radius 1 is 1.06 bits per heavy atom. The van der Waals surface area contributed by atoms with Crippen molar-refractivity contribution in [3.8, 4) is 0 Å². The molecule has 2 aromatic heterocycles. The molecular weight excluding hydrogens is 462 g/mol. The number of nitrogens with zero attached hydrogens (tertiary/aromatic N) is 1. The summed E-state index contributed by atoms with van der Waals surface area (Å²) >= 11 is 1.31. The number of benzene rings is 1. The van der Waals surface area contributed by atoms with Crippen LogP contribution in [0.4, 0.5) is 0 Å². The van der Waals surface area contributed by atoms with E-state index in [-0.39, 0.29) is 30.3 Å². The molecule has 7 nitrogen and oxygen atoms in total. The van der Waals surface area contributed by atoms with Gasteiger partial charge in [0.05, 0.1) is 11.4 Å². The van der Waals surface area contributed by atoms with E-state index in [1.165, 1.54) is 16.2 Å². The van der Waals surface area contributed by atoms with Crippen molar-refractivity contribution in [3.63, 3.8) is 0 Å². The number of thiophene rings is 1. The van der Waals surface area contributed by atoms with Gasteiger partial charge in [0.2, 0.25) is 5.91 Å². The van der Waals surface area contributed by atoms with Gasteiger partial charge in [0.15, 0.2) is 6.04 Å². The lowest BCUT2D eigenvalue weighted by Gasteiger charge is -2.31. The Hall–Kier alpha value is -3.39. The molecule has 3 amide bonds. The summed E-state index contributed by atoms with van der Waals surface area (Å²) in [5.41, 5.74) is 1.05. The number of hydrogen-bond acceptors (Lipinski definition) is 5. The molecule has 0 saturated heterocycles. The molecule has 35 heavy (non-hydrogen) atoms. The molecule has 1 aliphatic carbocycles. The van der Waals surface area contributed by atoms with Gasteiger partial charge in [-0.25, -0.2) is 0 Å². The molecule has 0 bridgehead atoms. The number of hydrogen-bond donors (Lipinski definition) is 2. The maximum absolute atomic E-state index is 13.5. The molecule has 8 heteroatoms. The van der Waals surface area contributed by atoms with Crippen LogP contribution in [-0.4, -0.2) is 41.8 Å². The highest BCUT2D eigenvalue weighted by molar-refractivity contribution is 7.12. The standard InChI is InChI=1S/C27H31N3O4S/c1-19-13-14-22(34-19)25(27(33)29-21-10-5-6-11-21)30(16-15-20-8-3-2-4-9-20)24(31)18-28-26(32)23-12-7-17-35-23/h2-4,7-9,12-14,17,21,25H,5-6,10-11,15-16,18H2,1H3,(H,28,32)(H,29,33)/t25-/m0/s1. The van der Waals surface area contributed by atoms with Crippen LogP contribution in [0, 0.1) is 6.92 Å². The molecule has 1 aromatic carbocycles. The quantitative estimate of drug-likeness (QED) is 0.442. The lowest BCUT2D eigenvalue weighted by Crippen LogP contribution is -2.49. The lowest BCUT2D eigenvalue weighted by molar-refractivity contribution is -0.141. The molecule has 2 heterocycles. The predicted octanol–water partition coefficient (Wildman–Crippen LogP) is 4.25. The monoisotopic (exact) mass is 493 g/mol. The van der Waals surface area contributed by atoms with E-state index < -0.39 is 6.04 Å². The van der Waals surface area contributed by atoms with E-state index in [1.807, 2.05) is 42.6 Å². The summed E-state index contributed by atoms with van der Waals surface area (Å²) in [5.74, 6) is 0.185. The van der Waals surface area contributed by atoms with Crippen LogP contribution in [0.15, 0.2) is 64.4 Å². The topological polar surface area (TPSA) is 91.7 Å². The molecule has 0 radical (unpaired) electrons. The molecule has 1 aliphatic rings. The lowest BCUT2D eigenvalue weighted by atomic mass is 10.1. The van der Waals surface area contributed by atoms with Gasteiger partial charge >= 0.3 is 0 Å². The second-order valence-electron chi connectivity index (χ2n) is 8.82. The van der Waals surface area contributed by atoms with Gasteiger partial charge in [-0.2, -0.15) is 0 Å². The average molecular weight is 494 g/mol. The summed E-state index contributed by atoms with van der Waals surface area (Å²) < 4.78 is 5.86. The number of amides is 3. The Labute approximate surface area is 209 Å². The summed E-state index contributed by atoms with van der Waals surface area (Å²) in [6.45, 7) is 1.91. The van der Waals surface area contributed by atoms with Crippen LogP contribution in [0.1, 0.15) is 58.5 Å². The third-order valence-electron chi connectivity index (χ3n) is 6.24. The number of nitrogens with one attached hydrogen (secondary N) is 2. The van der Waals surface area contributed by atoms with E-state index >= 15 is 0 Å². The van der Waals surface area contributed by atoms with Crippen LogP contribution in [0.3, 0.4) is 0 Å². The van der Waals surface area contributed by atoms with E-state index in [2.05, 4.69) is 10.6 Å². The molecule has 0 unspecified atom stereocenters. The zero-order chi connectivity index (χ0) is 24.6. The van der Waals surface area contributed by atoms with Crippen LogP contribution in [0.2, 0.25) is 0 Å². The van der Waals surface area contributed by atoms with Crippen molar-refractivity contribution in [1.82, 2.24) is 15.5 Å². The highest BCUT2D eigenvalue weighted by atomic mass is 32.1. The number of carbonyl (C=O) groups is 3. The first kappa shape index (κ1) is 24.7. The molecule has 2 N–H and O–H groups in total. The van der Waals surface area contributed by atoms with Crippen molar-refractivity contribution in [2.75, 3.05) is 13.1 Å². The minimum atomic E-state index is -0.917. The van der Waals surface area contributed by atoms with Crippen molar-refractivity contribution in [2.24, 2.45) is 0 Å². The molecule has 1 atom stereocenters. The maximum atomic E-state index is 13.5. The van der Waals surface area contributed by atoms with Gasteiger partial charge in [-0.1, -0.05) is 49.2 Å². The van der Waals surface area contributed by atoms with Crippen LogP contribution >= 0.6 is 11.3 Å². The number of aryl methyl sites for hydroxylation is 1. The zero-order valence-electron chi connectivity index (χ0n) is 19.9. The minimum absolute atomic E-state index is 0.102. The third-order valence-corrected chi connectivity index (χ3v) is 7.11. The van der Waals surface area contributed by atoms with E-state index in [4.69, 9.17) is 4.42 Å². The molecule has 1 saturated carbocycles. The van der Waals surface area contributed by atoms with Gasteiger partial charge in [-0.05, 0) is 55.3 Å². The zero-order valence-corrected chi connectivity index (χ0v) is 20.7. The Morgan fingerprint density at radius 2 is 1.83 bits per heavy atom. The van der Waals surface area contributed by atoms with Gasteiger partial charge in [-0.3, -0.25) is 14.4 Å². The summed E-state index contributed by atoms with van der Waals surface area (Å²) in [7, 11) is 0. The normalized spacial score (nSPS) is 14.4. The smallest absolute Gasteiger partial charge is 0.261 e. The summed E-state index contributed by atoms with van der Waals surface area (Å²) in [5, 5.41) is 7.65. The highest BCUT2D eigenvalue weighted by Gasteiger charge is 2.35. The van der Waals surface area contributed by atoms with E-state index in [0.29, 0.717) is 29.4 Å².